The lowest BCUT2D eigenvalue weighted by Gasteiger charge is -1.90. The van der Waals surface area contributed by atoms with Crippen molar-refractivity contribution in [2.24, 2.45) is 11.5 Å². The van der Waals surface area contributed by atoms with Gasteiger partial charge < -0.3 is 0 Å². The van der Waals surface area contributed by atoms with Gasteiger partial charge in [0.05, 0.1) is 6.04 Å². The first kappa shape index (κ1) is 6.27. The topological polar surface area (TPSA) is 66.0 Å². The molecule has 0 saturated heterocycles. The van der Waals surface area contributed by atoms with Gasteiger partial charge in [0.15, 0.2) is 0 Å². The molecule has 0 rings (SSSR count). The smallest absolute Gasteiger partial charge is 0.291 e. The maximum atomic E-state index is 5.08. The van der Waals surface area contributed by atoms with Gasteiger partial charge in [0.25, 0.3) is 0 Å². The third kappa shape index (κ3) is 5.27. The second kappa shape index (κ2) is 2.44. The van der Waals surface area contributed by atoms with Crippen molar-refractivity contribution in [2.45, 2.75) is 19.9 Å². The van der Waals surface area contributed by atoms with E-state index in [-0.39, 0.29) is 5.96 Å². The first-order chi connectivity index (χ1) is 3.13. The summed E-state index contributed by atoms with van der Waals surface area (Å²) in [7, 11) is 0. The van der Waals surface area contributed by atoms with Crippen LogP contribution >= 0.6 is 0 Å². The van der Waals surface area contributed by atoms with Gasteiger partial charge in [-0.2, -0.15) is 0 Å². The highest BCUT2D eigenvalue weighted by atomic mass is 15.0. The second-order valence-corrected chi connectivity index (χ2v) is 1.75. The van der Waals surface area contributed by atoms with E-state index in [4.69, 9.17) is 11.5 Å². The number of rotatable bonds is 1. The molecule has 0 fully saturated rings. The van der Waals surface area contributed by atoms with Crippen LogP contribution in [-0.4, -0.2) is 12.0 Å². The van der Waals surface area contributed by atoms with Gasteiger partial charge in [-0.15, -0.1) is 0 Å². The lowest BCUT2D eigenvalue weighted by molar-refractivity contribution is -0.495. The van der Waals surface area contributed by atoms with Gasteiger partial charge in [0, 0.05) is 0 Å². The Bertz CT molecular complexity index is 71.0. The highest BCUT2D eigenvalue weighted by molar-refractivity contribution is 5.69. The summed E-state index contributed by atoms with van der Waals surface area (Å²) in [5.41, 5.74) is 10.2. The van der Waals surface area contributed by atoms with E-state index in [1.165, 1.54) is 0 Å². The fourth-order valence-corrected chi connectivity index (χ4v) is 0.333. The molecule has 0 aliphatic carbocycles. The molecule has 0 radical (unpaired) electrons. The Morgan fingerprint density at radius 1 is 1.43 bits per heavy atom. The Morgan fingerprint density at radius 2 is 1.86 bits per heavy atom. The standard InChI is InChI=1S/C4H11N3/c1-3(2)7-4(5)6/h3H,1-2H3,(H4,5,6,7)/p+1. The summed E-state index contributed by atoms with van der Waals surface area (Å²) >= 11 is 0. The van der Waals surface area contributed by atoms with Crippen LogP contribution in [0.1, 0.15) is 13.8 Å². The average molecular weight is 102 g/mol. The molecular formula is C4H12N3+. The zero-order valence-corrected chi connectivity index (χ0v) is 4.73. The molecule has 0 aliphatic rings. The van der Waals surface area contributed by atoms with Gasteiger partial charge in [0.1, 0.15) is 0 Å². The summed E-state index contributed by atoms with van der Waals surface area (Å²) in [5, 5.41) is 0. The largest absolute Gasteiger partial charge is 0.338 e. The molecule has 0 atom stereocenters. The molecule has 0 aromatic carbocycles. The lowest BCUT2D eigenvalue weighted by Crippen LogP contribution is -2.82. The molecule has 0 aliphatic heterocycles. The van der Waals surface area contributed by atoms with Crippen LogP contribution < -0.4 is 16.5 Å². The predicted octanol–water partition coefficient (Wildman–Crippen LogP) is -2.25. The molecule has 3 nitrogen and oxygen atoms in total. The summed E-state index contributed by atoms with van der Waals surface area (Å²) in [6.45, 7) is 3.94. The molecule has 0 bridgehead atoms. The Morgan fingerprint density at radius 3 is 1.86 bits per heavy atom. The van der Waals surface area contributed by atoms with E-state index in [1.54, 1.807) is 0 Å². The van der Waals surface area contributed by atoms with Crippen LogP contribution in [0.5, 0.6) is 0 Å². The highest BCUT2D eigenvalue weighted by Crippen LogP contribution is 1.55. The third-order valence-electron chi connectivity index (χ3n) is 0.455. The molecule has 7 heavy (non-hydrogen) atoms. The molecule has 0 amide bonds. The SMILES string of the molecule is CC(C)[NH+]=C(N)N. The van der Waals surface area contributed by atoms with E-state index in [0.717, 1.165) is 0 Å². The predicted molar refractivity (Wildman–Crippen MR) is 29.5 cm³/mol. The summed E-state index contributed by atoms with van der Waals surface area (Å²) in [5.74, 6) is 0.287. The minimum atomic E-state index is 0.287. The van der Waals surface area contributed by atoms with E-state index in [0.29, 0.717) is 6.04 Å². The van der Waals surface area contributed by atoms with Crippen molar-refractivity contribution < 1.29 is 4.99 Å². The van der Waals surface area contributed by atoms with E-state index >= 15 is 0 Å². The molecular weight excluding hydrogens is 90.1 g/mol. The van der Waals surface area contributed by atoms with Crippen molar-refractivity contribution in [3.63, 3.8) is 0 Å². The first-order valence-electron chi connectivity index (χ1n) is 2.27. The fraction of sp³-hybridized carbons (Fsp3) is 0.750. The molecule has 0 unspecified atom stereocenters. The van der Waals surface area contributed by atoms with Gasteiger partial charge in [-0.1, -0.05) is 0 Å². The highest BCUT2D eigenvalue weighted by Gasteiger charge is 1.88. The van der Waals surface area contributed by atoms with E-state index in [1.807, 2.05) is 13.8 Å². The number of hydrogen-bond donors (Lipinski definition) is 3. The Balaban J connectivity index is 3.45. The fourth-order valence-electron chi connectivity index (χ4n) is 0.333. The van der Waals surface area contributed by atoms with Crippen molar-refractivity contribution >= 4 is 5.96 Å². The molecule has 3 heteroatoms. The van der Waals surface area contributed by atoms with E-state index < -0.39 is 0 Å². The maximum absolute atomic E-state index is 5.08. The minimum absolute atomic E-state index is 0.287. The second-order valence-electron chi connectivity index (χ2n) is 1.75. The van der Waals surface area contributed by atoms with Crippen LogP contribution in [0.15, 0.2) is 0 Å². The molecule has 0 aromatic heterocycles. The maximum Gasteiger partial charge on any atom is 0.338 e. The Kier molecular flexibility index (Phi) is 2.19. The minimum Gasteiger partial charge on any atom is -0.291 e. The van der Waals surface area contributed by atoms with Crippen LogP contribution in [0, 0.1) is 0 Å². The zero-order valence-electron chi connectivity index (χ0n) is 4.73. The van der Waals surface area contributed by atoms with Crippen molar-refractivity contribution in [3.05, 3.63) is 0 Å². The van der Waals surface area contributed by atoms with Crippen molar-refractivity contribution in [2.75, 3.05) is 0 Å². The summed E-state index contributed by atoms with van der Waals surface area (Å²) < 4.78 is 0. The average Bonchev–Trinajstić information content (AvgIpc) is 1.27. The third-order valence-corrected chi connectivity index (χ3v) is 0.455. The van der Waals surface area contributed by atoms with Gasteiger partial charge in [-0.05, 0) is 13.8 Å². The van der Waals surface area contributed by atoms with Crippen LogP contribution in [0.2, 0.25) is 0 Å². The van der Waals surface area contributed by atoms with Crippen molar-refractivity contribution in [1.82, 2.24) is 0 Å². The lowest BCUT2D eigenvalue weighted by atomic mass is 10.4. The summed E-state index contributed by atoms with van der Waals surface area (Å²) in [6, 6.07) is 0.338. The van der Waals surface area contributed by atoms with Gasteiger partial charge >= 0.3 is 5.96 Å². The summed E-state index contributed by atoms with van der Waals surface area (Å²) in [4.78, 5) is 2.78. The monoisotopic (exact) mass is 102 g/mol. The molecule has 42 valence electrons. The number of guanidine groups is 1. The van der Waals surface area contributed by atoms with Crippen LogP contribution in [0.4, 0.5) is 0 Å². The molecule has 0 heterocycles. The number of nitrogens with one attached hydrogen (secondary N) is 1. The molecule has 0 aromatic rings. The van der Waals surface area contributed by atoms with Crippen molar-refractivity contribution in [1.29, 1.82) is 0 Å². The normalized spacial score (nSPS) is 9.00. The number of nitrogens with two attached hydrogens (primary N) is 2. The number of hydrogen-bond acceptors (Lipinski definition) is 0. The van der Waals surface area contributed by atoms with Crippen LogP contribution in [-0.2, 0) is 0 Å². The van der Waals surface area contributed by atoms with Crippen LogP contribution in [0.25, 0.3) is 0 Å². The van der Waals surface area contributed by atoms with Crippen LogP contribution in [0.3, 0.4) is 0 Å². The van der Waals surface area contributed by atoms with Crippen molar-refractivity contribution in [3.8, 4) is 0 Å². The van der Waals surface area contributed by atoms with E-state index in [9.17, 15) is 0 Å². The Hall–Kier alpha value is -0.730. The zero-order chi connectivity index (χ0) is 5.86. The molecule has 0 saturated carbocycles. The van der Waals surface area contributed by atoms with Gasteiger partial charge in [-0.25, -0.2) is 0 Å². The van der Waals surface area contributed by atoms with E-state index in [2.05, 4.69) is 4.99 Å². The quantitative estimate of drug-likeness (QED) is 0.258. The molecule has 5 N–H and O–H groups in total. The van der Waals surface area contributed by atoms with Gasteiger partial charge in [-0.3, -0.25) is 16.5 Å². The van der Waals surface area contributed by atoms with Gasteiger partial charge in [0.2, 0.25) is 0 Å². The first-order valence-corrected chi connectivity index (χ1v) is 2.27. The Labute approximate surface area is 43.4 Å². The summed E-state index contributed by atoms with van der Waals surface area (Å²) in [6.07, 6.45) is 0. The molecule has 0 spiro atoms.